The number of carbonyl (C=O) groups excluding carboxylic acids is 1. The van der Waals surface area contributed by atoms with Crippen LogP contribution in [-0.4, -0.2) is 28.1 Å². The maximum Gasteiger partial charge on any atom is 0.303 e. The van der Waals surface area contributed by atoms with Gasteiger partial charge in [-0.05, 0) is 44.1 Å². The van der Waals surface area contributed by atoms with Crippen LogP contribution in [0, 0.1) is 11.8 Å². The van der Waals surface area contributed by atoms with Crippen LogP contribution in [0.15, 0.2) is 36.5 Å². The van der Waals surface area contributed by atoms with E-state index in [2.05, 4.69) is 6.92 Å². The molecule has 0 spiro atoms. The van der Waals surface area contributed by atoms with Crippen molar-refractivity contribution < 1.29 is 19.8 Å². The molecule has 1 rings (SSSR count). The first kappa shape index (κ1) is 18.4. The molecule has 0 aromatic heterocycles. The molecule has 0 fully saturated rings. The molecule has 0 amide bonds. The Morgan fingerprint density at radius 2 is 2.14 bits per heavy atom. The Hall–Kier alpha value is -1.68. The van der Waals surface area contributed by atoms with E-state index in [9.17, 15) is 14.7 Å². The van der Waals surface area contributed by atoms with Crippen LogP contribution in [0.3, 0.4) is 0 Å². The molecule has 0 aromatic rings. The molecule has 0 saturated carbocycles. The Labute approximate surface area is 132 Å². The molecular weight excluding hydrogens is 280 g/mol. The van der Waals surface area contributed by atoms with Gasteiger partial charge in [0.15, 0.2) is 5.78 Å². The van der Waals surface area contributed by atoms with Crippen molar-refractivity contribution in [2.24, 2.45) is 11.8 Å². The van der Waals surface area contributed by atoms with Gasteiger partial charge in [0.2, 0.25) is 0 Å². The third-order valence-electron chi connectivity index (χ3n) is 3.87. The van der Waals surface area contributed by atoms with Crippen molar-refractivity contribution in [3.05, 3.63) is 36.5 Å². The maximum atomic E-state index is 11.7. The Kier molecular flexibility index (Phi) is 8.44. The van der Waals surface area contributed by atoms with Gasteiger partial charge in [-0.3, -0.25) is 9.59 Å². The summed E-state index contributed by atoms with van der Waals surface area (Å²) < 4.78 is 0. The second-order valence-corrected chi connectivity index (χ2v) is 5.66. The van der Waals surface area contributed by atoms with Crippen LogP contribution in [0.4, 0.5) is 0 Å². The van der Waals surface area contributed by atoms with Gasteiger partial charge in [0.25, 0.3) is 0 Å². The van der Waals surface area contributed by atoms with Crippen LogP contribution in [0.25, 0.3) is 0 Å². The summed E-state index contributed by atoms with van der Waals surface area (Å²) in [5.74, 6) is -0.518. The molecule has 0 unspecified atom stereocenters. The number of unbranched alkanes of at least 4 members (excludes halogenated alkanes) is 2. The molecule has 0 bridgehead atoms. The smallest absolute Gasteiger partial charge is 0.303 e. The molecule has 1 aliphatic carbocycles. The number of hydrogen-bond acceptors (Lipinski definition) is 3. The fraction of sp³-hybridized carbons (Fsp3) is 0.556. The number of hydrogen-bond donors (Lipinski definition) is 2. The molecule has 0 aliphatic heterocycles. The zero-order chi connectivity index (χ0) is 16.4. The molecule has 3 atom stereocenters. The SMILES string of the molecule is CC[C@H]1C=CC(=O)[C@H]1/C=C/[C@@H](O)C/C=C\CCCCC(=O)O. The number of allylic oxidation sites excluding steroid dienone is 4. The van der Waals surface area contributed by atoms with Crippen LogP contribution in [-0.2, 0) is 9.59 Å². The zero-order valence-corrected chi connectivity index (χ0v) is 13.1. The number of aliphatic carboxylic acids is 1. The first-order valence-electron chi connectivity index (χ1n) is 7.99. The normalized spacial score (nSPS) is 22.9. The van der Waals surface area contributed by atoms with E-state index in [4.69, 9.17) is 5.11 Å². The van der Waals surface area contributed by atoms with Crippen LogP contribution < -0.4 is 0 Å². The third-order valence-corrected chi connectivity index (χ3v) is 3.87. The summed E-state index contributed by atoms with van der Waals surface area (Å²) in [7, 11) is 0. The van der Waals surface area contributed by atoms with E-state index in [-0.39, 0.29) is 24.0 Å². The van der Waals surface area contributed by atoms with Crippen molar-refractivity contribution in [2.45, 2.75) is 51.6 Å². The number of carboxylic acid groups (broad SMARTS) is 1. The molecule has 2 N–H and O–H groups in total. The molecule has 122 valence electrons. The van der Waals surface area contributed by atoms with Gasteiger partial charge in [-0.2, -0.15) is 0 Å². The molecule has 4 nitrogen and oxygen atoms in total. The van der Waals surface area contributed by atoms with Gasteiger partial charge >= 0.3 is 5.97 Å². The monoisotopic (exact) mass is 306 g/mol. The maximum absolute atomic E-state index is 11.7. The second-order valence-electron chi connectivity index (χ2n) is 5.66. The molecule has 1 aliphatic rings. The van der Waals surface area contributed by atoms with Gasteiger partial charge in [0.1, 0.15) is 0 Å². The van der Waals surface area contributed by atoms with E-state index < -0.39 is 12.1 Å². The minimum absolute atomic E-state index is 0.115. The molecule has 0 saturated heterocycles. The van der Waals surface area contributed by atoms with Crippen molar-refractivity contribution >= 4 is 11.8 Å². The van der Waals surface area contributed by atoms with Crippen LogP contribution >= 0.6 is 0 Å². The summed E-state index contributed by atoms with van der Waals surface area (Å²) in [6.07, 6.45) is 14.4. The highest BCUT2D eigenvalue weighted by atomic mass is 16.4. The minimum Gasteiger partial charge on any atom is -0.481 e. The average Bonchev–Trinajstić information content (AvgIpc) is 2.84. The fourth-order valence-corrected chi connectivity index (χ4v) is 2.51. The van der Waals surface area contributed by atoms with E-state index in [1.54, 1.807) is 12.2 Å². The van der Waals surface area contributed by atoms with Crippen LogP contribution in [0.5, 0.6) is 0 Å². The molecular formula is C18H26O4. The van der Waals surface area contributed by atoms with Crippen molar-refractivity contribution in [3.63, 3.8) is 0 Å². The molecule has 4 heteroatoms. The van der Waals surface area contributed by atoms with Gasteiger partial charge in [0.05, 0.1) is 6.10 Å². The predicted octanol–water partition coefficient (Wildman–Crippen LogP) is 3.28. The van der Waals surface area contributed by atoms with Crippen LogP contribution in [0.1, 0.15) is 45.4 Å². The fourth-order valence-electron chi connectivity index (χ4n) is 2.51. The van der Waals surface area contributed by atoms with Crippen molar-refractivity contribution in [1.29, 1.82) is 0 Å². The Balaban J connectivity index is 2.22. The summed E-state index contributed by atoms with van der Waals surface area (Å²) in [5.41, 5.74) is 0. The average molecular weight is 306 g/mol. The Morgan fingerprint density at radius 3 is 2.82 bits per heavy atom. The highest BCUT2D eigenvalue weighted by Gasteiger charge is 2.26. The lowest BCUT2D eigenvalue weighted by Gasteiger charge is -2.12. The number of aliphatic hydroxyl groups excluding tert-OH is 1. The number of ketones is 1. The van der Waals surface area contributed by atoms with Gasteiger partial charge in [-0.25, -0.2) is 0 Å². The highest BCUT2D eigenvalue weighted by molar-refractivity contribution is 5.95. The molecule has 0 radical (unpaired) electrons. The Bertz CT molecular complexity index is 448. The first-order valence-corrected chi connectivity index (χ1v) is 7.99. The summed E-state index contributed by atoms with van der Waals surface area (Å²) in [6.45, 7) is 2.05. The lowest BCUT2D eigenvalue weighted by atomic mass is 9.92. The van der Waals surface area contributed by atoms with E-state index in [0.717, 1.165) is 19.3 Å². The lowest BCUT2D eigenvalue weighted by molar-refractivity contribution is -0.137. The van der Waals surface area contributed by atoms with E-state index in [0.29, 0.717) is 12.8 Å². The van der Waals surface area contributed by atoms with E-state index >= 15 is 0 Å². The van der Waals surface area contributed by atoms with Gasteiger partial charge in [0, 0.05) is 12.3 Å². The summed E-state index contributed by atoms with van der Waals surface area (Å²) in [5, 5.41) is 18.4. The van der Waals surface area contributed by atoms with E-state index in [1.807, 2.05) is 24.3 Å². The predicted molar refractivity (Wildman–Crippen MR) is 86.4 cm³/mol. The first-order chi connectivity index (χ1) is 10.5. The zero-order valence-electron chi connectivity index (χ0n) is 13.1. The van der Waals surface area contributed by atoms with Gasteiger partial charge in [-0.15, -0.1) is 0 Å². The second kappa shape index (κ2) is 10.1. The standard InChI is InChI=1S/C18H26O4/c1-2-14-10-13-17(20)16(14)12-11-15(19)8-6-4-3-5-7-9-18(21)22/h4,6,10-16,19H,2-3,5,7-9H2,1H3,(H,21,22)/b6-4-,12-11+/t14-,15-,16-/m0/s1. The number of aliphatic hydroxyl groups is 1. The summed E-state index contributed by atoms with van der Waals surface area (Å²) in [6, 6.07) is 0. The number of carboxylic acids is 1. The molecule has 0 aromatic carbocycles. The van der Waals surface area contributed by atoms with Crippen molar-refractivity contribution in [1.82, 2.24) is 0 Å². The van der Waals surface area contributed by atoms with E-state index in [1.165, 1.54) is 0 Å². The Morgan fingerprint density at radius 1 is 1.36 bits per heavy atom. The number of carbonyl (C=O) groups is 2. The quantitative estimate of drug-likeness (QED) is 0.480. The lowest BCUT2D eigenvalue weighted by Crippen LogP contribution is -2.13. The highest BCUT2D eigenvalue weighted by Crippen LogP contribution is 2.26. The van der Waals surface area contributed by atoms with Crippen molar-refractivity contribution in [2.75, 3.05) is 0 Å². The topological polar surface area (TPSA) is 74.6 Å². The van der Waals surface area contributed by atoms with Crippen LogP contribution in [0.2, 0.25) is 0 Å². The largest absolute Gasteiger partial charge is 0.481 e. The summed E-state index contributed by atoms with van der Waals surface area (Å²) >= 11 is 0. The molecule has 0 heterocycles. The summed E-state index contributed by atoms with van der Waals surface area (Å²) in [4.78, 5) is 22.0. The minimum atomic E-state index is -0.758. The third kappa shape index (κ3) is 6.85. The van der Waals surface area contributed by atoms with Gasteiger partial charge < -0.3 is 10.2 Å². The van der Waals surface area contributed by atoms with Gasteiger partial charge in [-0.1, -0.05) is 37.3 Å². The van der Waals surface area contributed by atoms with Crippen molar-refractivity contribution in [3.8, 4) is 0 Å². The number of rotatable bonds is 10. The molecule has 22 heavy (non-hydrogen) atoms.